The van der Waals surface area contributed by atoms with E-state index in [1.165, 1.54) is 31.2 Å². The number of carbonyl (C=O) groups is 2. The van der Waals surface area contributed by atoms with Crippen LogP contribution >= 0.6 is 11.8 Å². The molecule has 0 radical (unpaired) electrons. The van der Waals surface area contributed by atoms with Crippen molar-refractivity contribution in [2.24, 2.45) is 0 Å². The van der Waals surface area contributed by atoms with Gasteiger partial charge in [-0.3, -0.25) is 9.59 Å². The van der Waals surface area contributed by atoms with Crippen molar-refractivity contribution >= 4 is 22.8 Å². The highest BCUT2D eigenvalue weighted by Gasteiger charge is 2.19. The van der Waals surface area contributed by atoms with Gasteiger partial charge in [0.25, 0.3) is 0 Å². The summed E-state index contributed by atoms with van der Waals surface area (Å²) in [4.78, 5) is 23.0. The molecule has 0 heterocycles. The number of benzene rings is 1. The van der Waals surface area contributed by atoms with Crippen LogP contribution in [0.4, 0.5) is 0 Å². The van der Waals surface area contributed by atoms with Crippen LogP contribution in [0.3, 0.4) is 0 Å². The summed E-state index contributed by atoms with van der Waals surface area (Å²) < 4.78 is 5.22. The van der Waals surface area contributed by atoms with Gasteiger partial charge in [-0.15, -0.1) is 0 Å². The second-order valence-corrected chi connectivity index (χ2v) is 5.35. The minimum Gasteiger partial charge on any atom is -0.426 e. The summed E-state index contributed by atoms with van der Waals surface area (Å²) >= 11 is 1.18. The van der Waals surface area contributed by atoms with Crippen LogP contribution in [0.1, 0.15) is 31.4 Å². The van der Waals surface area contributed by atoms with Crippen LogP contribution in [0.5, 0.6) is 5.75 Å². The van der Waals surface area contributed by atoms with Crippen molar-refractivity contribution in [3.05, 3.63) is 23.3 Å². The Bertz CT molecular complexity index is 480. The predicted molar refractivity (Wildman–Crippen MR) is 66.3 cm³/mol. The number of thioether (sulfide) groups is 1. The van der Waals surface area contributed by atoms with Crippen molar-refractivity contribution in [1.82, 2.24) is 0 Å². The van der Waals surface area contributed by atoms with Gasteiger partial charge in [0.2, 0.25) is 0 Å². The van der Waals surface area contributed by atoms with E-state index in [0.717, 1.165) is 29.7 Å². The van der Waals surface area contributed by atoms with Crippen molar-refractivity contribution in [3.63, 3.8) is 0 Å². The molecule has 0 aliphatic heterocycles. The van der Waals surface area contributed by atoms with E-state index in [2.05, 4.69) is 0 Å². The zero-order chi connectivity index (χ0) is 12.4. The average Bonchev–Trinajstić information content (AvgIpc) is 2.63. The smallest absolute Gasteiger partial charge is 0.308 e. The van der Waals surface area contributed by atoms with E-state index in [4.69, 9.17) is 4.74 Å². The molecule has 1 aliphatic rings. The quantitative estimate of drug-likeness (QED) is 0.460. The topological polar surface area (TPSA) is 43.4 Å². The first kappa shape index (κ1) is 12.2. The van der Waals surface area contributed by atoms with E-state index < -0.39 is 0 Å². The summed E-state index contributed by atoms with van der Waals surface area (Å²) in [5, 5.41) is 0.0386. The second kappa shape index (κ2) is 4.92. The fraction of sp³-hybridized carbons (Fsp3) is 0.385. The first-order chi connectivity index (χ1) is 8.06. The molecule has 0 saturated carbocycles. The van der Waals surface area contributed by atoms with E-state index in [1.54, 1.807) is 6.07 Å². The first-order valence-electron chi connectivity index (χ1n) is 5.59. The van der Waals surface area contributed by atoms with Gasteiger partial charge in [0.15, 0.2) is 5.12 Å². The van der Waals surface area contributed by atoms with Crippen molar-refractivity contribution in [1.29, 1.82) is 0 Å². The Morgan fingerprint density at radius 1 is 1.24 bits per heavy atom. The molecule has 0 aromatic heterocycles. The Kier molecular flexibility index (Phi) is 3.52. The molecule has 0 N–H and O–H groups in total. The number of ether oxygens (including phenoxy) is 1. The molecule has 3 nitrogen and oxygen atoms in total. The maximum absolute atomic E-state index is 11.1. The number of esters is 1. The molecule has 1 aromatic carbocycles. The molecular weight excluding hydrogens is 236 g/mol. The monoisotopic (exact) mass is 250 g/mol. The van der Waals surface area contributed by atoms with Gasteiger partial charge in [-0.1, -0.05) is 11.8 Å². The molecule has 2 rings (SSSR count). The molecule has 0 atom stereocenters. The standard InChI is InChI=1S/C13H14O3S/c1-8(14)16-13-7-11(17-9(2)15)6-10-4-3-5-12(10)13/h6-7H,3-5H2,1-2H3. The van der Waals surface area contributed by atoms with Gasteiger partial charge < -0.3 is 4.74 Å². The molecule has 0 fully saturated rings. The maximum atomic E-state index is 11.1. The van der Waals surface area contributed by atoms with Crippen molar-refractivity contribution < 1.29 is 14.3 Å². The summed E-state index contributed by atoms with van der Waals surface area (Å²) in [6, 6.07) is 3.82. The lowest BCUT2D eigenvalue weighted by Gasteiger charge is -2.10. The molecule has 0 saturated heterocycles. The SMILES string of the molecule is CC(=O)Oc1cc(SC(C)=O)cc2c1CCC2. The summed E-state index contributed by atoms with van der Waals surface area (Å²) in [5.74, 6) is 0.306. The second-order valence-electron chi connectivity index (χ2n) is 4.10. The van der Waals surface area contributed by atoms with Crippen molar-refractivity contribution in [2.75, 3.05) is 0 Å². The highest BCUT2D eigenvalue weighted by molar-refractivity contribution is 8.13. The van der Waals surface area contributed by atoms with Crippen LogP contribution < -0.4 is 4.74 Å². The van der Waals surface area contributed by atoms with E-state index in [9.17, 15) is 9.59 Å². The third-order valence-electron chi connectivity index (χ3n) is 2.66. The zero-order valence-electron chi connectivity index (χ0n) is 9.91. The van der Waals surface area contributed by atoms with E-state index in [-0.39, 0.29) is 11.1 Å². The average molecular weight is 250 g/mol. The van der Waals surface area contributed by atoms with Gasteiger partial charge in [0.05, 0.1) is 0 Å². The molecule has 4 heteroatoms. The zero-order valence-corrected chi connectivity index (χ0v) is 10.7. The van der Waals surface area contributed by atoms with Gasteiger partial charge in [-0.05, 0) is 42.5 Å². The van der Waals surface area contributed by atoms with E-state index >= 15 is 0 Å². The third-order valence-corrected chi connectivity index (χ3v) is 3.42. The lowest BCUT2D eigenvalue weighted by molar-refractivity contribution is -0.131. The number of hydrogen-bond donors (Lipinski definition) is 0. The highest BCUT2D eigenvalue weighted by Crippen LogP contribution is 2.35. The van der Waals surface area contributed by atoms with E-state index in [1.807, 2.05) is 6.07 Å². The molecule has 0 unspecified atom stereocenters. The minimum absolute atomic E-state index is 0.0386. The summed E-state index contributed by atoms with van der Waals surface area (Å²) in [6.07, 6.45) is 3.02. The molecule has 1 aliphatic carbocycles. The van der Waals surface area contributed by atoms with Crippen LogP contribution in [0.2, 0.25) is 0 Å². The van der Waals surface area contributed by atoms with Crippen molar-refractivity contribution in [2.45, 2.75) is 38.0 Å². The maximum Gasteiger partial charge on any atom is 0.308 e. The third kappa shape index (κ3) is 2.88. The Hall–Kier alpha value is -1.29. The summed E-state index contributed by atoms with van der Waals surface area (Å²) in [7, 11) is 0. The number of aryl methyl sites for hydroxylation is 1. The number of carbonyl (C=O) groups excluding carboxylic acids is 2. The molecular formula is C13H14O3S. The highest BCUT2D eigenvalue weighted by atomic mass is 32.2. The van der Waals surface area contributed by atoms with Gasteiger partial charge in [-0.25, -0.2) is 0 Å². The molecule has 0 amide bonds. The summed E-state index contributed by atoms with van der Waals surface area (Å²) in [5.41, 5.74) is 2.32. The molecule has 0 bridgehead atoms. The van der Waals surface area contributed by atoms with Crippen LogP contribution in [0, 0.1) is 0 Å². The molecule has 0 spiro atoms. The number of fused-ring (bicyclic) bond motifs is 1. The number of rotatable bonds is 2. The molecule has 90 valence electrons. The Balaban J connectivity index is 2.38. The number of hydrogen-bond acceptors (Lipinski definition) is 4. The fourth-order valence-corrected chi connectivity index (χ4v) is 2.81. The first-order valence-corrected chi connectivity index (χ1v) is 6.40. The molecule has 17 heavy (non-hydrogen) atoms. The lowest BCUT2D eigenvalue weighted by Crippen LogP contribution is -2.04. The van der Waals surface area contributed by atoms with Crippen LogP contribution in [-0.2, 0) is 22.4 Å². The Labute approximate surface area is 105 Å². The van der Waals surface area contributed by atoms with Crippen LogP contribution in [0.15, 0.2) is 17.0 Å². The van der Waals surface area contributed by atoms with Gasteiger partial charge in [-0.2, -0.15) is 0 Å². The van der Waals surface area contributed by atoms with Gasteiger partial charge in [0, 0.05) is 18.7 Å². The van der Waals surface area contributed by atoms with Gasteiger partial charge in [0.1, 0.15) is 5.75 Å². The van der Waals surface area contributed by atoms with Crippen LogP contribution in [-0.4, -0.2) is 11.1 Å². The molecule has 1 aromatic rings. The predicted octanol–water partition coefficient (Wildman–Crippen LogP) is 2.74. The van der Waals surface area contributed by atoms with Crippen LogP contribution in [0.25, 0.3) is 0 Å². The fourth-order valence-electron chi connectivity index (χ4n) is 2.11. The largest absolute Gasteiger partial charge is 0.426 e. The Morgan fingerprint density at radius 2 is 2.00 bits per heavy atom. The van der Waals surface area contributed by atoms with Crippen molar-refractivity contribution in [3.8, 4) is 5.75 Å². The minimum atomic E-state index is -0.316. The summed E-state index contributed by atoms with van der Waals surface area (Å²) in [6.45, 7) is 2.93. The van der Waals surface area contributed by atoms with Gasteiger partial charge >= 0.3 is 5.97 Å². The normalized spacial score (nSPS) is 13.3. The Morgan fingerprint density at radius 3 is 2.65 bits per heavy atom. The lowest BCUT2D eigenvalue weighted by atomic mass is 10.1. The van der Waals surface area contributed by atoms with E-state index in [0.29, 0.717) is 5.75 Å².